The zero-order valence-electron chi connectivity index (χ0n) is 26.0. The number of carbonyl (C=O) groups is 7. The fraction of sp³-hybridized carbons (Fsp3) is 0.552. The van der Waals surface area contributed by atoms with Crippen molar-refractivity contribution in [3.8, 4) is 0 Å². The third kappa shape index (κ3) is 16.1. The van der Waals surface area contributed by atoms with Gasteiger partial charge in [-0.1, -0.05) is 25.1 Å². The van der Waals surface area contributed by atoms with E-state index in [9.17, 15) is 38.7 Å². The zero-order valence-corrected chi connectivity index (χ0v) is 26.0. The maximum atomic E-state index is 12.6. The summed E-state index contributed by atoms with van der Waals surface area (Å²) in [6.07, 6.45) is 2.65. The molecule has 0 radical (unpaired) electrons. The minimum Gasteiger partial charge on any atom is -0.548 e. The number of hydrogen-bond acceptors (Lipinski definition) is 9. The van der Waals surface area contributed by atoms with Gasteiger partial charge in [0.1, 0.15) is 0 Å². The molecule has 0 aliphatic carbocycles. The Morgan fingerprint density at radius 2 is 1.24 bits per heavy atom. The zero-order chi connectivity index (χ0) is 32.3. The minimum atomic E-state index is -1.47. The van der Waals surface area contributed by atoms with Crippen LogP contribution in [0.25, 0.3) is 0 Å². The molecule has 6 amide bonds. The molecule has 0 saturated carbocycles. The van der Waals surface area contributed by atoms with E-state index in [1.54, 1.807) is 0 Å². The Morgan fingerprint density at radius 3 is 1.76 bits per heavy atom. The van der Waals surface area contributed by atoms with Crippen LogP contribution in [0.3, 0.4) is 0 Å². The van der Waals surface area contributed by atoms with Gasteiger partial charge in [-0.05, 0) is 31.4 Å². The van der Waals surface area contributed by atoms with Crippen LogP contribution in [0.15, 0.2) is 30.3 Å². The van der Waals surface area contributed by atoms with Crippen molar-refractivity contribution < 1.29 is 57.5 Å². The van der Waals surface area contributed by atoms with E-state index in [1.165, 1.54) is 0 Å². The molecule has 1 aliphatic heterocycles. The number of carboxylic acid groups (broad SMARTS) is 1. The Labute approximate surface area is 274 Å². The van der Waals surface area contributed by atoms with Gasteiger partial charge in [0.05, 0.1) is 32.1 Å². The van der Waals surface area contributed by atoms with Gasteiger partial charge < -0.3 is 46.3 Å². The summed E-state index contributed by atoms with van der Waals surface area (Å²) in [5, 5.41) is 22.0. The molecule has 1 heterocycles. The number of hydrogen-bond donors (Lipinski definition) is 5. The van der Waals surface area contributed by atoms with Crippen molar-refractivity contribution in [2.75, 3.05) is 57.3 Å². The van der Waals surface area contributed by atoms with E-state index in [1.807, 2.05) is 47.5 Å². The first-order valence-corrected chi connectivity index (χ1v) is 14.7. The van der Waals surface area contributed by atoms with Gasteiger partial charge in [-0.3, -0.25) is 28.8 Å². The summed E-state index contributed by atoms with van der Waals surface area (Å²) in [6.45, 7) is 2.72. The van der Waals surface area contributed by atoms with Crippen molar-refractivity contribution in [2.24, 2.45) is 0 Å². The summed E-state index contributed by atoms with van der Waals surface area (Å²) in [7, 11) is 0. The van der Waals surface area contributed by atoms with E-state index in [-0.39, 0.29) is 56.1 Å². The van der Waals surface area contributed by atoms with Crippen LogP contribution in [0.2, 0.25) is 0 Å². The average Bonchev–Trinajstić information content (AvgIpc) is 3.02. The van der Waals surface area contributed by atoms with Crippen molar-refractivity contribution in [3.05, 3.63) is 30.3 Å². The summed E-state index contributed by atoms with van der Waals surface area (Å²) < 4.78 is 0. The molecule has 1 saturated heterocycles. The summed E-state index contributed by atoms with van der Waals surface area (Å²) in [5.74, 6) is -3.99. The number of nitrogens with zero attached hydrogens (tertiary/aromatic N) is 2. The largest absolute Gasteiger partial charge is 1.00 e. The maximum Gasteiger partial charge on any atom is 1.00 e. The van der Waals surface area contributed by atoms with Crippen molar-refractivity contribution in [1.29, 1.82) is 0 Å². The molecule has 1 aromatic carbocycles. The van der Waals surface area contributed by atoms with Crippen LogP contribution < -0.4 is 55.5 Å². The maximum absolute atomic E-state index is 12.6. The molecule has 2 rings (SSSR count). The molecular weight excluding hydrogens is 581 g/mol. The van der Waals surface area contributed by atoms with Crippen LogP contribution in [-0.2, 0) is 33.6 Å². The summed E-state index contributed by atoms with van der Waals surface area (Å²) in [5.41, 5.74) is 0.919. The van der Waals surface area contributed by atoms with E-state index in [4.69, 9.17) is 0 Å². The number of carboxylic acids is 1. The molecule has 5 N–H and O–H groups in total. The van der Waals surface area contributed by atoms with Crippen LogP contribution in [0, 0.1) is 0 Å². The van der Waals surface area contributed by atoms with Gasteiger partial charge in [-0.2, -0.15) is 0 Å². The number of benzene rings is 1. The Balaban J connectivity index is 0.0000101. The molecule has 1 aliphatic rings. The van der Waals surface area contributed by atoms with Gasteiger partial charge in [-0.25, -0.2) is 0 Å². The molecule has 15 nitrogen and oxygen atoms in total. The first-order chi connectivity index (χ1) is 21.1. The number of carbonyl (C=O) groups excluding carboxylic acids is 7. The molecule has 0 atom stereocenters. The van der Waals surface area contributed by atoms with E-state index >= 15 is 0 Å². The van der Waals surface area contributed by atoms with Gasteiger partial charge in [0.2, 0.25) is 35.4 Å². The summed E-state index contributed by atoms with van der Waals surface area (Å²) >= 11 is 0. The molecule has 1 aromatic rings. The molecule has 0 unspecified atom stereocenters. The molecular formula is C29H42LiN7O8. The van der Waals surface area contributed by atoms with Crippen LogP contribution in [0.4, 0.5) is 5.69 Å². The summed E-state index contributed by atoms with van der Waals surface area (Å²) in [6, 6.07) is 9.86. The van der Waals surface area contributed by atoms with E-state index in [2.05, 4.69) is 26.2 Å². The average molecular weight is 624 g/mol. The quantitative estimate of drug-likeness (QED) is 0.0986. The monoisotopic (exact) mass is 623 g/mol. The molecule has 1 fully saturated rings. The number of amides is 6. The summed E-state index contributed by atoms with van der Waals surface area (Å²) in [4.78, 5) is 86.0. The molecule has 0 aromatic heterocycles. The second kappa shape index (κ2) is 21.7. The number of nitrogens with one attached hydrogen (secondary N) is 5. The predicted octanol–water partition coefficient (Wildman–Crippen LogP) is -5.60. The Kier molecular flexibility index (Phi) is 18.9. The first kappa shape index (κ1) is 39.1. The minimum absolute atomic E-state index is 0. The molecule has 242 valence electrons. The van der Waals surface area contributed by atoms with E-state index in [0.717, 1.165) is 31.6 Å². The SMILES string of the molecule is CCC(=O)N(c1ccccc1)C1CCN(CCNC(=O)CCCC(=O)NCC(=O)NCC(=O)NCC(=O)NCC(=O)[O-])CC1.[Li+]. The number of para-hydroxylation sites is 1. The number of rotatable bonds is 18. The smallest absolute Gasteiger partial charge is 0.548 e. The number of likely N-dealkylation sites (tertiary alicyclic amines) is 1. The second-order valence-electron chi connectivity index (χ2n) is 10.2. The fourth-order valence-corrected chi connectivity index (χ4v) is 4.55. The normalized spacial score (nSPS) is 13.0. The molecule has 0 bridgehead atoms. The van der Waals surface area contributed by atoms with Gasteiger partial charge in [-0.15, -0.1) is 0 Å². The Bertz CT molecular complexity index is 1150. The molecule has 0 spiro atoms. The topological polar surface area (TPSA) is 209 Å². The third-order valence-corrected chi connectivity index (χ3v) is 6.85. The third-order valence-electron chi connectivity index (χ3n) is 6.85. The predicted molar refractivity (Wildman–Crippen MR) is 158 cm³/mol. The first-order valence-electron chi connectivity index (χ1n) is 14.7. The van der Waals surface area contributed by atoms with E-state index in [0.29, 0.717) is 25.9 Å². The van der Waals surface area contributed by atoms with Crippen molar-refractivity contribution in [2.45, 2.75) is 51.5 Å². The van der Waals surface area contributed by atoms with E-state index < -0.39 is 49.2 Å². The van der Waals surface area contributed by atoms with Gasteiger partial charge in [0, 0.05) is 57.2 Å². The second-order valence-corrected chi connectivity index (χ2v) is 10.2. The van der Waals surface area contributed by atoms with Crippen LogP contribution >= 0.6 is 0 Å². The Morgan fingerprint density at radius 1 is 0.756 bits per heavy atom. The van der Waals surface area contributed by atoms with Gasteiger partial charge in [0.15, 0.2) is 0 Å². The van der Waals surface area contributed by atoms with Gasteiger partial charge >= 0.3 is 18.9 Å². The number of anilines is 1. The van der Waals surface area contributed by atoms with Crippen molar-refractivity contribution in [3.63, 3.8) is 0 Å². The van der Waals surface area contributed by atoms with Crippen LogP contribution in [-0.4, -0.2) is 105 Å². The fourth-order valence-electron chi connectivity index (χ4n) is 4.55. The number of piperidine rings is 1. The van der Waals surface area contributed by atoms with Crippen molar-refractivity contribution in [1.82, 2.24) is 31.5 Å². The standard InChI is InChI=1S/C29H43N7O8.Li/c1-2-28(42)36(21-7-4-3-5-8-21)22-11-14-35(15-12-22)16-13-30-23(37)9-6-10-24(38)31-17-25(39)32-18-26(40)33-19-27(41)34-20-29(43)44;/h3-5,7-8,22H,2,6,9-20H2,1H3,(H,30,37)(H,31,38)(H,32,39)(H,33,40)(H,34,41)(H,43,44);/q;+1/p-1. The van der Waals surface area contributed by atoms with Crippen LogP contribution in [0.5, 0.6) is 0 Å². The van der Waals surface area contributed by atoms with Crippen LogP contribution in [0.1, 0.15) is 45.4 Å². The van der Waals surface area contributed by atoms with Gasteiger partial charge in [0.25, 0.3) is 0 Å². The molecule has 45 heavy (non-hydrogen) atoms. The Hall–Kier alpha value is -3.93. The molecule has 16 heteroatoms. The number of aliphatic carboxylic acids is 1. The van der Waals surface area contributed by atoms with Crippen molar-refractivity contribution >= 4 is 47.1 Å².